The van der Waals surface area contributed by atoms with Crippen LogP contribution in [0.1, 0.15) is 5.76 Å². The van der Waals surface area contributed by atoms with Crippen LogP contribution in [0.25, 0.3) is 22.1 Å². The average Bonchev–Trinajstić information content (AvgIpc) is 3.48. The first-order valence-corrected chi connectivity index (χ1v) is 11.6. The van der Waals surface area contributed by atoms with Crippen LogP contribution in [-0.4, -0.2) is 49.1 Å². The SMILES string of the molecule is COc1ccccc1-c1ccc2oc(CN3CCN(C(=O)Nc4cccs4)CC3)cc2c1. The third-order valence-corrected chi connectivity index (χ3v) is 6.56. The Morgan fingerprint density at radius 3 is 2.69 bits per heavy atom. The van der Waals surface area contributed by atoms with Gasteiger partial charge in [0.2, 0.25) is 0 Å². The van der Waals surface area contributed by atoms with Gasteiger partial charge in [-0.25, -0.2) is 4.79 Å². The Kier molecular flexibility index (Phi) is 5.83. The number of amides is 2. The molecule has 1 N–H and O–H groups in total. The van der Waals surface area contributed by atoms with E-state index in [9.17, 15) is 4.79 Å². The Morgan fingerprint density at radius 2 is 1.91 bits per heavy atom. The molecule has 164 valence electrons. The quantitative estimate of drug-likeness (QED) is 0.438. The number of benzene rings is 2. The molecule has 0 aliphatic carbocycles. The number of fused-ring (bicyclic) bond motifs is 1. The molecule has 4 aromatic rings. The third kappa shape index (κ3) is 4.35. The molecule has 0 radical (unpaired) electrons. The highest BCUT2D eigenvalue weighted by molar-refractivity contribution is 7.14. The zero-order chi connectivity index (χ0) is 21.9. The van der Waals surface area contributed by atoms with Crippen LogP contribution < -0.4 is 10.1 Å². The highest BCUT2D eigenvalue weighted by Crippen LogP contribution is 2.32. The summed E-state index contributed by atoms with van der Waals surface area (Å²) in [6.45, 7) is 3.78. The molecular formula is C25H25N3O3S. The number of para-hydroxylation sites is 1. The van der Waals surface area contributed by atoms with E-state index in [2.05, 4.69) is 34.5 Å². The molecule has 1 saturated heterocycles. The fraction of sp³-hybridized carbons (Fsp3) is 0.240. The largest absolute Gasteiger partial charge is 0.496 e. The number of nitrogens with one attached hydrogen (secondary N) is 1. The fourth-order valence-electron chi connectivity index (χ4n) is 4.09. The van der Waals surface area contributed by atoms with E-state index in [0.717, 1.165) is 58.2 Å². The number of rotatable bonds is 5. The Hall–Kier alpha value is -3.29. The molecule has 2 aromatic carbocycles. The van der Waals surface area contributed by atoms with E-state index in [1.54, 1.807) is 7.11 Å². The molecule has 2 aromatic heterocycles. The van der Waals surface area contributed by atoms with Crippen LogP contribution in [0.5, 0.6) is 5.75 Å². The third-order valence-electron chi connectivity index (χ3n) is 5.78. The van der Waals surface area contributed by atoms with Crippen molar-refractivity contribution < 1.29 is 13.9 Å². The molecule has 0 atom stereocenters. The van der Waals surface area contributed by atoms with Gasteiger partial charge in [0.1, 0.15) is 17.1 Å². The van der Waals surface area contributed by atoms with E-state index in [1.807, 2.05) is 46.7 Å². The van der Waals surface area contributed by atoms with Gasteiger partial charge >= 0.3 is 6.03 Å². The second kappa shape index (κ2) is 9.06. The van der Waals surface area contributed by atoms with Crippen LogP contribution >= 0.6 is 11.3 Å². The lowest BCUT2D eigenvalue weighted by Gasteiger charge is -2.34. The van der Waals surface area contributed by atoms with Gasteiger partial charge in [-0.15, -0.1) is 11.3 Å². The van der Waals surface area contributed by atoms with E-state index < -0.39 is 0 Å². The monoisotopic (exact) mass is 447 g/mol. The van der Waals surface area contributed by atoms with E-state index in [0.29, 0.717) is 13.1 Å². The molecule has 0 bridgehead atoms. The number of methoxy groups -OCH3 is 1. The first-order valence-electron chi connectivity index (χ1n) is 10.7. The van der Waals surface area contributed by atoms with Gasteiger partial charge in [-0.1, -0.05) is 24.3 Å². The maximum absolute atomic E-state index is 12.4. The summed E-state index contributed by atoms with van der Waals surface area (Å²) in [5.41, 5.74) is 3.05. The van der Waals surface area contributed by atoms with Crippen molar-refractivity contribution >= 4 is 33.3 Å². The van der Waals surface area contributed by atoms with Crippen molar-refractivity contribution in [3.05, 3.63) is 71.8 Å². The first-order chi connectivity index (χ1) is 15.7. The van der Waals surface area contributed by atoms with Crippen LogP contribution in [0.2, 0.25) is 0 Å². The lowest BCUT2D eigenvalue weighted by atomic mass is 10.0. The molecule has 0 saturated carbocycles. The van der Waals surface area contributed by atoms with Gasteiger partial charge in [0.05, 0.1) is 18.7 Å². The number of carbonyl (C=O) groups excluding carboxylic acids is 1. The zero-order valence-corrected chi connectivity index (χ0v) is 18.7. The van der Waals surface area contributed by atoms with Crippen molar-refractivity contribution in [3.63, 3.8) is 0 Å². The van der Waals surface area contributed by atoms with Gasteiger partial charge in [0, 0.05) is 37.1 Å². The van der Waals surface area contributed by atoms with Crippen molar-refractivity contribution in [3.8, 4) is 16.9 Å². The molecule has 6 nitrogen and oxygen atoms in total. The number of hydrogen-bond acceptors (Lipinski definition) is 5. The number of thiophene rings is 1. The molecule has 0 spiro atoms. The summed E-state index contributed by atoms with van der Waals surface area (Å²) in [5, 5.41) is 6.88. The van der Waals surface area contributed by atoms with Gasteiger partial charge in [0.15, 0.2) is 0 Å². The molecule has 7 heteroatoms. The van der Waals surface area contributed by atoms with Crippen molar-refractivity contribution in [2.24, 2.45) is 0 Å². The number of ether oxygens (including phenoxy) is 1. The number of nitrogens with zero attached hydrogens (tertiary/aromatic N) is 2. The number of piperazine rings is 1. The summed E-state index contributed by atoms with van der Waals surface area (Å²) in [6.07, 6.45) is 0. The fourth-order valence-corrected chi connectivity index (χ4v) is 4.70. The lowest BCUT2D eigenvalue weighted by Crippen LogP contribution is -2.49. The van der Waals surface area contributed by atoms with Gasteiger partial charge in [-0.3, -0.25) is 10.2 Å². The predicted molar refractivity (Wildman–Crippen MR) is 128 cm³/mol. The molecule has 2 amide bonds. The minimum Gasteiger partial charge on any atom is -0.496 e. The maximum atomic E-state index is 12.4. The molecule has 1 aliphatic heterocycles. The smallest absolute Gasteiger partial charge is 0.322 e. The van der Waals surface area contributed by atoms with Crippen LogP contribution in [0.3, 0.4) is 0 Å². The van der Waals surface area contributed by atoms with Crippen molar-refractivity contribution in [1.29, 1.82) is 0 Å². The Morgan fingerprint density at radius 1 is 1.06 bits per heavy atom. The van der Waals surface area contributed by atoms with Crippen LogP contribution in [0, 0.1) is 0 Å². The standard InChI is InChI=1S/C25H25N3O3S/c1-30-23-6-3-2-5-21(23)18-8-9-22-19(15-18)16-20(31-22)17-27-10-12-28(13-11-27)25(29)26-24-7-4-14-32-24/h2-9,14-16H,10-13,17H2,1H3,(H,26,29). The number of carbonyl (C=O) groups is 1. The van der Waals surface area contributed by atoms with E-state index in [4.69, 9.17) is 9.15 Å². The predicted octanol–water partition coefficient (Wildman–Crippen LogP) is 5.52. The second-order valence-corrected chi connectivity index (χ2v) is 8.78. The van der Waals surface area contributed by atoms with Gasteiger partial charge in [-0.05, 0) is 47.3 Å². The Labute approximate surface area is 191 Å². The number of furan rings is 1. The molecule has 1 fully saturated rings. The maximum Gasteiger partial charge on any atom is 0.322 e. The van der Waals surface area contributed by atoms with Crippen molar-refractivity contribution in [2.75, 3.05) is 38.6 Å². The molecule has 1 aliphatic rings. The van der Waals surface area contributed by atoms with Crippen molar-refractivity contribution in [1.82, 2.24) is 9.80 Å². The lowest BCUT2D eigenvalue weighted by molar-refractivity contribution is 0.137. The molecular weight excluding hydrogens is 422 g/mol. The van der Waals surface area contributed by atoms with E-state index in [1.165, 1.54) is 11.3 Å². The zero-order valence-electron chi connectivity index (χ0n) is 17.9. The van der Waals surface area contributed by atoms with Crippen LogP contribution in [0.4, 0.5) is 9.80 Å². The number of hydrogen-bond donors (Lipinski definition) is 1. The first kappa shape index (κ1) is 20.6. The number of anilines is 1. The summed E-state index contributed by atoms with van der Waals surface area (Å²) in [6, 6.07) is 20.2. The topological polar surface area (TPSA) is 58.0 Å². The molecule has 32 heavy (non-hydrogen) atoms. The minimum atomic E-state index is -0.0280. The molecule has 3 heterocycles. The minimum absolute atomic E-state index is 0.0280. The van der Waals surface area contributed by atoms with Crippen LogP contribution in [-0.2, 0) is 6.54 Å². The average molecular weight is 448 g/mol. The van der Waals surface area contributed by atoms with Gasteiger partial charge < -0.3 is 14.1 Å². The van der Waals surface area contributed by atoms with Gasteiger partial charge in [0.25, 0.3) is 0 Å². The Balaban J connectivity index is 1.23. The number of urea groups is 1. The second-order valence-electron chi connectivity index (χ2n) is 7.84. The highest BCUT2D eigenvalue weighted by atomic mass is 32.1. The van der Waals surface area contributed by atoms with Crippen LogP contribution in [0.15, 0.2) is 70.5 Å². The summed E-state index contributed by atoms with van der Waals surface area (Å²) < 4.78 is 11.6. The molecule has 0 unspecified atom stereocenters. The van der Waals surface area contributed by atoms with E-state index >= 15 is 0 Å². The Bertz CT molecular complexity index is 1210. The summed E-state index contributed by atoms with van der Waals surface area (Å²) in [4.78, 5) is 16.6. The summed E-state index contributed by atoms with van der Waals surface area (Å²) in [5.74, 6) is 1.80. The normalized spacial score (nSPS) is 14.6. The van der Waals surface area contributed by atoms with Gasteiger partial charge in [-0.2, -0.15) is 0 Å². The summed E-state index contributed by atoms with van der Waals surface area (Å²) in [7, 11) is 1.69. The van der Waals surface area contributed by atoms with Crippen molar-refractivity contribution in [2.45, 2.75) is 6.54 Å². The highest BCUT2D eigenvalue weighted by Gasteiger charge is 2.22. The van der Waals surface area contributed by atoms with E-state index in [-0.39, 0.29) is 6.03 Å². The summed E-state index contributed by atoms with van der Waals surface area (Å²) >= 11 is 1.53. The molecule has 5 rings (SSSR count).